The van der Waals surface area contributed by atoms with Gasteiger partial charge in [-0.05, 0) is 25.5 Å². The standard InChI is InChI=1S/C15H17Cl2NO3/c1-14(9-15(14,16)17)13(19)18(2)7-10-8-20-11-5-3-4-6-12(11)21-10/h3-6,10H,7-9H2,1-2H3/t10-,14+/m1/s1. The minimum absolute atomic E-state index is 0.0602. The van der Waals surface area contributed by atoms with Gasteiger partial charge in [-0.15, -0.1) is 23.2 Å². The van der Waals surface area contributed by atoms with E-state index in [0.717, 1.165) is 5.75 Å². The molecule has 6 heteroatoms. The van der Waals surface area contributed by atoms with Crippen molar-refractivity contribution in [2.75, 3.05) is 20.2 Å². The van der Waals surface area contributed by atoms with Crippen LogP contribution in [0.2, 0.25) is 0 Å². The summed E-state index contributed by atoms with van der Waals surface area (Å²) in [5.41, 5.74) is -0.696. The Morgan fingerprint density at radius 1 is 1.38 bits per heavy atom. The molecule has 0 bridgehead atoms. The van der Waals surface area contributed by atoms with E-state index in [2.05, 4.69) is 0 Å². The molecule has 1 heterocycles. The largest absolute Gasteiger partial charge is 0.486 e. The van der Waals surface area contributed by atoms with Crippen molar-refractivity contribution in [3.8, 4) is 11.5 Å². The number of para-hydroxylation sites is 2. The van der Waals surface area contributed by atoms with Crippen LogP contribution in [0.4, 0.5) is 0 Å². The summed E-state index contributed by atoms with van der Waals surface area (Å²) in [6.45, 7) is 2.64. The summed E-state index contributed by atoms with van der Waals surface area (Å²) < 4.78 is 10.5. The third kappa shape index (κ3) is 2.55. The van der Waals surface area contributed by atoms with E-state index >= 15 is 0 Å². The Morgan fingerprint density at radius 3 is 2.62 bits per heavy atom. The van der Waals surface area contributed by atoms with Gasteiger partial charge < -0.3 is 14.4 Å². The number of carbonyl (C=O) groups is 1. The summed E-state index contributed by atoms with van der Waals surface area (Å²) in [6, 6.07) is 7.50. The third-order valence-corrected chi connectivity index (χ3v) is 5.22. The lowest BCUT2D eigenvalue weighted by molar-refractivity contribution is -0.136. The molecule has 1 saturated carbocycles. The summed E-state index contributed by atoms with van der Waals surface area (Å²) in [5, 5.41) is 0. The SMILES string of the molecule is CN(C[C@@H]1COc2ccccc2O1)C(=O)[C@]1(C)CC1(Cl)Cl. The highest BCUT2D eigenvalue weighted by Crippen LogP contribution is 2.64. The van der Waals surface area contributed by atoms with E-state index < -0.39 is 9.75 Å². The Balaban J connectivity index is 1.62. The van der Waals surface area contributed by atoms with Gasteiger partial charge in [-0.1, -0.05) is 12.1 Å². The molecule has 0 spiro atoms. The van der Waals surface area contributed by atoms with Gasteiger partial charge in [0.15, 0.2) is 17.6 Å². The minimum atomic E-state index is -0.950. The molecule has 114 valence electrons. The van der Waals surface area contributed by atoms with Crippen molar-refractivity contribution in [1.29, 1.82) is 0 Å². The van der Waals surface area contributed by atoms with Crippen molar-refractivity contribution in [1.82, 2.24) is 4.90 Å². The lowest BCUT2D eigenvalue weighted by Crippen LogP contribution is -2.44. The number of amides is 1. The van der Waals surface area contributed by atoms with Crippen molar-refractivity contribution in [2.45, 2.75) is 23.8 Å². The topological polar surface area (TPSA) is 38.8 Å². The number of benzene rings is 1. The van der Waals surface area contributed by atoms with E-state index in [1.165, 1.54) is 0 Å². The molecule has 1 aliphatic carbocycles. The van der Waals surface area contributed by atoms with Gasteiger partial charge in [0.2, 0.25) is 5.91 Å². The molecule has 1 aliphatic heterocycles. The highest BCUT2D eigenvalue weighted by molar-refractivity contribution is 6.53. The van der Waals surface area contributed by atoms with Crippen molar-refractivity contribution in [3.05, 3.63) is 24.3 Å². The molecule has 1 amide bonds. The van der Waals surface area contributed by atoms with Crippen LogP contribution in [0.3, 0.4) is 0 Å². The summed E-state index contributed by atoms with van der Waals surface area (Å²) in [5.74, 6) is 1.38. The van der Waals surface area contributed by atoms with Crippen LogP contribution in [0.15, 0.2) is 24.3 Å². The first-order chi connectivity index (χ1) is 9.83. The van der Waals surface area contributed by atoms with Crippen LogP contribution < -0.4 is 9.47 Å². The van der Waals surface area contributed by atoms with Crippen molar-refractivity contribution in [2.24, 2.45) is 5.41 Å². The number of fused-ring (bicyclic) bond motifs is 1. The number of halogens is 2. The van der Waals surface area contributed by atoms with Crippen molar-refractivity contribution < 1.29 is 14.3 Å². The Morgan fingerprint density at radius 2 is 2.00 bits per heavy atom. The van der Waals surface area contributed by atoms with Crippen LogP contribution in [-0.4, -0.2) is 41.4 Å². The maximum atomic E-state index is 12.4. The second-order valence-corrected chi connectivity index (χ2v) is 7.38. The molecule has 1 fully saturated rings. The second kappa shape index (κ2) is 4.96. The van der Waals surface area contributed by atoms with Crippen LogP contribution >= 0.6 is 23.2 Å². The van der Waals surface area contributed by atoms with E-state index in [-0.39, 0.29) is 12.0 Å². The molecule has 1 aromatic rings. The first-order valence-corrected chi connectivity index (χ1v) is 7.61. The van der Waals surface area contributed by atoms with E-state index in [1.807, 2.05) is 24.3 Å². The molecule has 0 aromatic heterocycles. The number of hydrogen-bond donors (Lipinski definition) is 0. The van der Waals surface area contributed by atoms with Gasteiger partial charge in [-0.2, -0.15) is 0 Å². The zero-order valence-corrected chi connectivity index (χ0v) is 13.4. The average molecular weight is 330 g/mol. The van der Waals surface area contributed by atoms with Gasteiger partial charge in [0, 0.05) is 7.05 Å². The molecule has 2 atom stereocenters. The van der Waals surface area contributed by atoms with E-state index in [1.54, 1.807) is 18.9 Å². The van der Waals surface area contributed by atoms with E-state index in [4.69, 9.17) is 32.7 Å². The summed E-state index contributed by atoms with van der Waals surface area (Å²) in [7, 11) is 1.74. The van der Waals surface area contributed by atoms with Crippen LogP contribution in [0.25, 0.3) is 0 Å². The lowest BCUT2D eigenvalue weighted by Gasteiger charge is -2.30. The summed E-state index contributed by atoms with van der Waals surface area (Å²) >= 11 is 12.1. The Bertz CT molecular complexity index is 578. The van der Waals surface area contributed by atoms with Gasteiger partial charge in [0.25, 0.3) is 0 Å². The minimum Gasteiger partial charge on any atom is -0.486 e. The highest BCUT2D eigenvalue weighted by atomic mass is 35.5. The molecule has 21 heavy (non-hydrogen) atoms. The van der Waals surface area contributed by atoms with Crippen molar-refractivity contribution in [3.63, 3.8) is 0 Å². The van der Waals surface area contributed by atoms with Crippen LogP contribution in [0.1, 0.15) is 13.3 Å². The zero-order valence-electron chi connectivity index (χ0n) is 11.9. The molecular formula is C15H17Cl2NO3. The maximum Gasteiger partial charge on any atom is 0.231 e. The van der Waals surface area contributed by atoms with Crippen LogP contribution in [0, 0.1) is 5.41 Å². The summed E-state index contributed by atoms with van der Waals surface area (Å²) in [6.07, 6.45) is 0.285. The van der Waals surface area contributed by atoms with Gasteiger partial charge in [-0.3, -0.25) is 4.79 Å². The Kier molecular flexibility index (Phi) is 3.49. The molecule has 4 nitrogen and oxygen atoms in total. The highest BCUT2D eigenvalue weighted by Gasteiger charge is 2.68. The third-order valence-electron chi connectivity index (χ3n) is 4.12. The molecule has 0 radical (unpaired) electrons. The first-order valence-electron chi connectivity index (χ1n) is 6.85. The average Bonchev–Trinajstić information content (AvgIpc) is 2.97. The number of nitrogens with zero attached hydrogens (tertiary/aromatic N) is 1. The molecule has 1 aromatic carbocycles. The second-order valence-electron chi connectivity index (χ2n) is 5.90. The number of likely N-dealkylation sites (N-methyl/N-ethyl adjacent to an activating group) is 1. The van der Waals surface area contributed by atoms with Crippen LogP contribution in [-0.2, 0) is 4.79 Å². The van der Waals surface area contributed by atoms with Crippen LogP contribution in [0.5, 0.6) is 11.5 Å². The first kappa shape index (κ1) is 14.8. The van der Waals surface area contributed by atoms with Gasteiger partial charge >= 0.3 is 0 Å². The van der Waals surface area contributed by atoms with Gasteiger partial charge in [0.1, 0.15) is 10.9 Å². The molecular weight excluding hydrogens is 313 g/mol. The lowest BCUT2D eigenvalue weighted by atomic mass is 10.1. The fraction of sp³-hybridized carbons (Fsp3) is 0.533. The molecule has 0 N–H and O–H groups in total. The fourth-order valence-electron chi connectivity index (χ4n) is 2.59. The Labute approximate surface area is 133 Å². The van der Waals surface area contributed by atoms with Gasteiger partial charge in [-0.25, -0.2) is 0 Å². The summed E-state index contributed by atoms with van der Waals surface area (Å²) in [4.78, 5) is 14.0. The quantitative estimate of drug-likeness (QED) is 0.800. The van der Waals surface area contributed by atoms with E-state index in [0.29, 0.717) is 25.3 Å². The zero-order chi connectivity index (χ0) is 15.3. The predicted octanol–water partition coefficient (Wildman–Crippen LogP) is 2.87. The Hall–Kier alpha value is -1.13. The number of alkyl halides is 2. The van der Waals surface area contributed by atoms with Gasteiger partial charge in [0.05, 0.1) is 12.0 Å². The molecule has 0 unspecified atom stereocenters. The number of carbonyl (C=O) groups excluding carboxylic acids is 1. The molecule has 0 saturated heterocycles. The van der Waals surface area contributed by atoms with E-state index in [9.17, 15) is 4.79 Å². The molecule has 2 aliphatic rings. The number of rotatable bonds is 3. The number of hydrogen-bond acceptors (Lipinski definition) is 3. The number of ether oxygens (including phenoxy) is 2. The predicted molar refractivity (Wildman–Crippen MR) is 81.2 cm³/mol. The maximum absolute atomic E-state index is 12.4. The van der Waals surface area contributed by atoms with Crippen molar-refractivity contribution >= 4 is 29.1 Å². The monoisotopic (exact) mass is 329 g/mol. The smallest absolute Gasteiger partial charge is 0.231 e. The fourth-order valence-corrected chi connectivity index (χ4v) is 3.29. The normalized spacial score (nSPS) is 28.9. The molecule has 3 rings (SSSR count).